The van der Waals surface area contributed by atoms with Crippen LogP contribution in [0.15, 0.2) is 35.6 Å². The third kappa shape index (κ3) is 2.28. The van der Waals surface area contributed by atoms with Crippen molar-refractivity contribution in [2.75, 3.05) is 0 Å². The van der Waals surface area contributed by atoms with E-state index in [1.165, 1.54) is 5.52 Å². The van der Waals surface area contributed by atoms with Gasteiger partial charge in [-0.3, -0.25) is 5.40 Å². The lowest BCUT2D eigenvalue weighted by atomic mass is 10.1. The molecule has 1 aromatic heterocycles. The summed E-state index contributed by atoms with van der Waals surface area (Å²) >= 11 is 0. The molecule has 2 aromatic rings. The summed E-state index contributed by atoms with van der Waals surface area (Å²) in [6.45, 7) is 3.04. The Morgan fingerprint density at radius 1 is 1.65 bits per heavy atom. The first kappa shape index (κ1) is 9.89. The Morgan fingerprint density at radius 2 is 2.53 bits per heavy atom. The van der Waals surface area contributed by atoms with Crippen LogP contribution >= 0.6 is 0 Å². The zero-order chi connectivity index (χ0) is 13.0. The van der Waals surface area contributed by atoms with E-state index < -0.39 is 0 Å². The van der Waals surface area contributed by atoms with Gasteiger partial charge in [0.25, 0.3) is 0 Å². The molecule has 0 aliphatic carbocycles. The van der Waals surface area contributed by atoms with Gasteiger partial charge in [-0.05, 0) is 19.1 Å². The molecule has 5 heteroatoms. The Balaban J connectivity index is 2.31. The summed E-state index contributed by atoms with van der Waals surface area (Å²) < 4.78 is 8.84. The van der Waals surface area contributed by atoms with E-state index in [0.717, 1.165) is 17.5 Å². The molecule has 0 bridgehead atoms. The van der Waals surface area contributed by atoms with Gasteiger partial charge in [-0.25, -0.2) is 5.43 Å². The number of benzene rings is 1. The number of nitrogens with two attached hydrogens (primary N) is 1. The SMILES string of the molecule is [H]/N=C(\N)NN=Cc1cccc2c1ccn2CC. The van der Waals surface area contributed by atoms with E-state index in [-0.39, 0.29) is 5.96 Å². The number of nitrogens with one attached hydrogen (secondary N) is 2. The quantitative estimate of drug-likeness (QED) is 0.423. The summed E-state index contributed by atoms with van der Waals surface area (Å²) in [7, 11) is 0. The van der Waals surface area contributed by atoms with Gasteiger partial charge in [-0.1, -0.05) is 12.1 Å². The van der Waals surface area contributed by atoms with Crippen LogP contribution in [0.5, 0.6) is 0 Å². The van der Waals surface area contributed by atoms with E-state index in [4.69, 9.17) is 7.15 Å². The summed E-state index contributed by atoms with van der Waals surface area (Å²) in [5, 5.41) is 8.08. The molecule has 1 aromatic carbocycles. The summed E-state index contributed by atoms with van der Waals surface area (Å²) in [4.78, 5) is 0. The minimum atomic E-state index is -0.0375. The molecular formula is C12H15N5. The number of fused-ring (bicyclic) bond motifs is 1. The lowest BCUT2D eigenvalue weighted by Crippen LogP contribution is -2.25. The molecule has 4 N–H and O–H groups in total. The number of nitrogens with zero attached hydrogens (tertiary/aromatic N) is 2. The fourth-order valence-corrected chi connectivity index (χ4v) is 1.80. The fourth-order valence-electron chi connectivity index (χ4n) is 1.80. The van der Waals surface area contributed by atoms with Gasteiger partial charge >= 0.3 is 0 Å². The highest BCUT2D eigenvalue weighted by molar-refractivity contribution is 5.99. The second-order valence-electron chi connectivity index (χ2n) is 3.64. The first-order valence-electron chi connectivity index (χ1n) is 5.85. The van der Waals surface area contributed by atoms with Gasteiger partial charge in [0, 0.05) is 29.2 Å². The van der Waals surface area contributed by atoms with Gasteiger partial charge < -0.3 is 10.3 Å². The Kier molecular flexibility index (Phi) is 2.73. The van der Waals surface area contributed by atoms with Crippen LogP contribution in [0, 0.1) is 5.40 Å². The molecule has 0 amide bonds. The van der Waals surface area contributed by atoms with Crippen molar-refractivity contribution in [1.29, 1.82) is 5.40 Å². The topological polar surface area (TPSA) is 79.2 Å². The number of hydrogen-bond acceptors (Lipinski definition) is 2. The number of guanidine groups is 1. The predicted molar refractivity (Wildman–Crippen MR) is 70.3 cm³/mol. The average molecular weight is 229 g/mol. The van der Waals surface area contributed by atoms with Gasteiger partial charge in [0.1, 0.15) is 0 Å². The molecule has 1 heterocycles. The summed E-state index contributed by atoms with van der Waals surface area (Å²) in [5.74, 6) is -0.0375. The van der Waals surface area contributed by atoms with Gasteiger partial charge in [0.2, 0.25) is 5.96 Å². The standard InChI is InChI=1S/C12H15N5/c1-2-17-7-6-10-9(4-3-5-11(10)17)8-15-16-12(13)14/h3-8H,2H2,1H3,(H4,13,14,16). The van der Waals surface area contributed by atoms with Crippen molar-refractivity contribution in [2.45, 2.75) is 13.5 Å². The second kappa shape index (κ2) is 4.69. The zero-order valence-electron chi connectivity index (χ0n) is 10.6. The molecule has 17 heavy (non-hydrogen) atoms. The Labute approximate surface area is 101 Å². The van der Waals surface area contributed by atoms with Crippen molar-refractivity contribution in [3.05, 3.63) is 36.0 Å². The highest BCUT2D eigenvalue weighted by Crippen LogP contribution is 2.18. The third-order valence-electron chi connectivity index (χ3n) is 2.57. The maximum Gasteiger partial charge on any atom is 0.206 e. The molecule has 5 nitrogen and oxygen atoms in total. The molecule has 0 radical (unpaired) electrons. The van der Waals surface area contributed by atoms with Crippen LogP contribution < -0.4 is 11.2 Å². The molecular weight excluding hydrogens is 214 g/mol. The lowest BCUT2D eigenvalue weighted by Gasteiger charge is -2.01. The zero-order valence-corrected chi connectivity index (χ0v) is 9.59. The summed E-state index contributed by atoms with van der Waals surface area (Å²) in [6.07, 6.45) is 3.72. The van der Waals surface area contributed by atoms with E-state index in [2.05, 4.69) is 45.7 Å². The van der Waals surface area contributed by atoms with Crippen molar-refractivity contribution in [2.24, 2.45) is 10.8 Å². The number of hydrogen-bond donors (Lipinski definition) is 3. The lowest BCUT2D eigenvalue weighted by molar-refractivity contribution is 0.797. The van der Waals surface area contributed by atoms with Crippen molar-refractivity contribution in [3.63, 3.8) is 0 Å². The monoisotopic (exact) mass is 229 g/mol. The number of rotatable bonds is 3. The summed E-state index contributed by atoms with van der Waals surface area (Å²) in [6, 6.07) is 8.09. The molecule has 0 saturated carbocycles. The van der Waals surface area contributed by atoms with Crippen molar-refractivity contribution in [1.82, 2.24) is 9.99 Å². The predicted octanol–water partition coefficient (Wildman–Crippen LogP) is 1.48. The van der Waals surface area contributed by atoms with Gasteiger partial charge in [0.15, 0.2) is 1.41 Å². The normalized spacial score (nSPS) is 13.2. The first-order chi connectivity index (χ1) is 8.76. The highest BCUT2D eigenvalue weighted by Gasteiger charge is 2.02. The largest absolute Gasteiger partial charge is 0.369 e. The molecule has 0 atom stereocenters. The van der Waals surface area contributed by atoms with E-state index in [1.54, 1.807) is 6.21 Å². The average Bonchev–Trinajstić information content (AvgIpc) is 2.82. The van der Waals surface area contributed by atoms with Gasteiger partial charge in [0.05, 0.1) is 6.21 Å². The fraction of sp³-hybridized carbons (Fsp3) is 0.167. The number of aryl methyl sites for hydroxylation is 1. The minimum Gasteiger partial charge on any atom is -0.369 e. The number of aromatic nitrogens is 1. The van der Waals surface area contributed by atoms with E-state index >= 15 is 0 Å². The van der Waals surface area contributed by atoms with Crippen molar-refractivity contribution in [3.8, 4) is 0 Å². The molecule has 0 fully saturated rings. The molecule has 0 saturated heterocycles. The van der Waals surface area contributed by atoms with E-state index in [1.807, 2.05) is 12.1 Å². The van der Waals surface area contributed by atoms with E-state index in [0.29, 0.717) is 0 Å². The maximum atomic E-state index is 6.67. The van der Waals surface area contributed by atoms with Crippen LogP contribution in [0.4, 0.5) is 0 Å². The summed E-state index contributed by atoms with van der Waals surface area (Å²) in [5.41, 5.74) is 9.94. The van der Waals surface area contributed by atoms with Crippen LogP contribution in [0.25, 0.3) is 10.9 Å². The molecule has 0 spiro atoms. The molecule has 0 aliphatic rings. The van der Waals surface area contributed by atoms with Crippen LogP contribution in [0.1, 0.15) is 12.5 Å². The van der Waals surface area contributed by atoms with Gasteiger partial charge in [-0.15, -0.1) is 0 Å². The van der Waals surface area contributed by atoms with Crippen molar-refractivity contribution < 1.29 is 1.41 Å². The minimum absolute atomic E-state index is 0.0375. The maximum absolute atomic E-state index is 6.67. The van der Waals surface area contributed by atoms with Crippen LogP contribution in [-0.4, -0.2) is 16.7 Å². The Morgan fingerprint density at radius 3 is 3.29 bits per heavy atom. The van der Waals surface area contributed by atoms with Crippen LogP contribution in [-0.2, 0) is 6.54 Å². The second-order valence-corrected chi connectivity index (χ2v) is 3.64. The van der Waals surface area contributed by atoms with Gasteiger partial charge in [-0.2, -0.15) is 5.10 Å². The van der Waals surface area contributed by atoms with Crippen molar-refractivity contribution >= 4 is 23.1 Å². The molecule has 0 aliphatic heterocycles. The third-order valence-corrected chi connectivity index (χ3v) is 2.57. The van der Waals surface area contributed by atoms with Crippen LogP contribution in [0.3, 0.4) is 0 Å². The highest BCUT2D eigenvalue weighted by atomic mass is 15.3. The molecule has 88 valence electrons. The Hall–Kier alpha value is -2.30. The smallest absolute Gasteiger partial charge is 0.206 e. The first-order valence-corrected chi connectivity index (χ1v) is 5.40. The van der Waals surface area contributed by atoms with E-state index in [9.17, 15) is 0 Å². The Bertz CT molecular complexity index is 600. The number of hydrazone groups is 1. The molecule has 0 unspecified atom stereocenters. The van der Waals surface area contributed by atoms with Crippen LogP contribution in [0.2, 0.25) is 1.41 Å². The molecule has 2 rings (SSSR count).